The number of carbonyl (C=O) groups is 1. The van der Waals surface area contributed by atoms with Gasteiger partial charge in [0, 0.05) is 11.3 Å². The van der Waals surface area contributed by atoms with E-state index in [2.05, 4.69) is 17.3 Å². The van der Waals surface area contributed by atoms with Crippen LogP contribution in [-0.4, -0.2) is 15.7 Å². The Labute approximate surface area is 149 Å². The molecule has 0 saturated carbocycles. The third-order valence-electron chi connectivity index (χ3n) is 3.77. The molecular formula is C19H18FN3O3. The standard InChI is InChI=1S/C19H18FN3O3/c1-2-3-13-4-10-16(11-5-13)21-17(24)12-23-19(25)26-18(22-23)14-6-8-15(20)9-7-14/h4-11H,2-3,12H2,1H3,(H,21,24). The maximum absolute atomic E-state index is 13.0. The highest BCUT2D eigenvalue weighted by atomic mass is 19.1. The number of benzene rings is 2. The molecule has 0 spiro atoms. The zero-order chi connectivity index (χ0) is 18.5. The average molecular weight is 355 g/mol. The molecule has 0 unspecified atom stereocenters. The van der Waals surface area contributed by atoms with Crippen molar-refractivity contribution in [3.05, 3.63) is 70.5 Å². The summed E-state index contributed by atoms with van der Waals surface area (Å²) in [5.41, 5.74) is 2.29. The molecule has 0 saturated heterocycles. The van der Waals surface area contributed by atoms with E-state index in [1.807, 2.05) is 24.3 Å². The van der Waals surface area contributed by atoms with Gasteiger partial charge in [-0.15, -0.1) is 5.10 Å². The lowest BCUT2D eigenvalue weighted by molar-refractivity contribution is -0.117. The van der Waals surface area contributed by atoms with Crippen LogP contribution >= 0.6 is 0 Å². The number of hydrogen-bond acceptors (Lipinski definition) is 4. The van der Waals surface area contributed by atoms with Gasteiger partial charge >= 0.3 is 5.76 Å². The lowest BCUT2D eigenvalue weighted by Gasteiger charge is -2.05. The lowest BCUT2D eigenvalue weighted by Crippen LogP contribution is -2.25. The third-order valence-corrected chi connectivity index (χ3v) is 3.77. The number of hydrogen-bond donors (Lipinski definition) is 1. The van der Waals surface area contributed by atoms with Crippen LogP contribution in [0.2, 0.25) is 0 Å². The fraction of sp³-hybridized carbons (Fsp3) is 0.211. The number of nitrogens with zero attached hydrogens (tertiary/aromatic N) is 2. The summed E-state index contributed by atoms with van der Waals surface area (Å²) in [6.07, 6.45) is 2.03. The van der Waals surface area contributed by atoms with Crippen molar-refractivity contribution in [2.24, 2.45) is 0 Å². The van der Waals surface area contributed by atoms with Crippen molar-refractivity contribution < 1.29 is 13.6 Å². The van der Waals surface area contributed by atoms with Crippen LogP contribution < -0.4 is 11.1 Å². The van der Waals surface area contributed by atoms with Crippen LogP contribution in [-0.2, 0) is 17.8 Å². The van der Waals surface area contributed by atoms with Crippen LogP contribution in [0.15, 0.2) is 57.7 Å². The lowest BCUT2D eigenvalue weighted by atomic mass is 10.1. The molecule has 0 atom stereocenters. The molecule has 1 N–H and O–H groups in total. The van der Waals surface area contributed by atoms with E-state index in [0.717, 1.165) is 17.5 Å². The van der Waals surface area contributed by atoms with E-state index in [1.165, 1.54) is 29.8 Å². The van der Waals surface area contributed by atoms with Crippen molar-refractivity contribution in [2.45, 2.75) is 26.3 Å². The predicted molar refractivity (Wildman–Crippen MR) is 95.2 cm³/mol. The molecule has 6 nitrogen and oxygen atoms in total. The molecule has 1 aromatic heterocycles. The van der Waals surface area contributed by atoms with Crippen LogP contribution in [0.1, 0.15) is 18.9 Å². The number of aromatic nitrogens is 2. The summed E-state index contributed by atoms with van der Waals surface area (Å²) < 4.78 is 18.9. The Kier molecular flexibility index (Phi) is 5.26. The van der Waals surface area contributed by atoms with E-state index < -0.39 is 17.5 Å². The van der Waals surface area contributed by atoms with Gasteiger partial charge in [0.2, 0.25) is 11.8 Å². The van der Waals surface area contributed by atoms with E-state index in [4.69, 9.17) is 4.42 Å². The molecule has 0 aliphatic carbocycles. The molecule has 3 aromatic rings. The topological polar surface area (TPSA) is 77.1 Å². The van der Waals surface area contributed by atoms with Gasteiger partial charge in [0.05, 0.1) is 0 Å². The van der Waals surface area contributed by atoms with Gasteiger partial charge in [0.1, 0.15) is 12.4 Å². The van der Waals surface area contributed by atoms with Gasteiger partial charge in [0.15, 0.2) is 0 Å². The Morgan fingerprint density at radius 2 is 1.85 bits per heavy atom. The predicted octanol–water partition coefficient (Wildman–Crippen LogP) is 3.23. The number of amides is 1. The van der Waals surface area contributed by atoms with Crippen molar-refractivity contribution in [2.75, 3.05) is 5.32 Å². The van der Waals surface area contributed by atoms with Crippen molar-refractivity contribution >= 4 is 11.6 Å². The van der Waals surface area contributed by atoms with Gasteiger partial charge in [-0.2, -0.15) is 4.68 Å². The molecule has 1 heterocycles. The summed E-state index contributed by atoms with van der Waals surface area (Å²) in [5.74, 6) is -1.52. The van der Waals surface area contributed by atoms with Crippen molar-refractivity contribution in [1.82, 2.24) is 9.78 Å². The molecule has 134 valence electrons. The van der Waals surface area contributed by atoms with Gasteiger partial charge in [-0.1, -0.05) is 25.5 Å². The quantitative estimate of drug-likeness (QED) is 0.736. The largest absolute Gasteiger partial charge is 0.437 e. The first-order valence-electron chi connectivity index (χ1n) is 8.28. The Hall–Kier alpha value is -3.22. The summed E-state index contributed by atoms with van der Waals surface area (Å²) in [5, 5.41) is 6.70. The molecule has 0 radical (unpaired) electrons. The number of anilines is 1. The minimum absolute atomic E-state index is 0.0340. The van der Waals surface area contributed by atoms with Crippen molar-refractivity contribution in [1.29, 1.82) is 0 Å². The smallest absolute Gasteiger partial charge is 0.388 e. The van der Waals surface area contributed by atoms with Crippen molar-refractivity contribution in [3.63, 3.8) is 0 Å². The van der Waals surface area contributed by atoms with Crippen LogP contribution in [0.4, 0.5) is 10.1 Å². The molecule has 0 aliphatic heterocycles. The second-order valence-electron chi connectivity index (χ2n) is 5.83. The van der Waals surface area contributed by atoms with Gasteiger partial charge in [-0.05, 0) is 48.4 Å². The van der Waals surface area contributed by atoms with Crippen LogP contribution in [0.3, 0.4) is 0 Å². The normalized spacial score (nSPS) is 10.7. The van der Waals surface area contributed by atoms with E-state index in [-0.39, 0.29) is 12.4 Å². The number of halogens is 1. The van der Waals surface area contributed by atoms with E-state index in [9.17, 15) is 14.0 Å². The molecule has 0 fully saturated rings. The molecule has 0 bridgehead atoms. The monoisotopic (exact) mass is 355 g/mol. The summed E-state index contributed by atoms with van der Waals surface area (Å²) in [6.45, 7) is 1.83. The Bertz CT molecular complexity index is 943. The molecule has 0 aliphatic rings. The van der Waals surface area contributed by atoms with Crippen LogP contribution in [0.25, 0.3) is 11.5 Å². The highest BCUT2D eigenvalue weighted by Gasteiger charge is 2.13. The molecule has 3 rings (SSSR count). The van der Waals surface area contributed by atoms with Gasteiger partial charge in [-0.25, -0.2) is 9.18 Å². The first kappa shape index (κ1) is 17.6. The average Bonchev–Trinajstić information content (AvgIpc) is 2.98. The highest BCUT2D eigenvalue weighted by molar-refractivity contribution is 5.90. The second kappa shape index (κ2) is 7.77. The summed E-state index contributed by atoms with van der Waals surface area (Å²) >= 11 is 0. The first-order valence-corrected chi connectivity index (χ1v) is 8.28. The maximum Gasteiger partial charge on any atom is 0.437 e. The zero-order valence-electron chi connectivity index (χ0n) is 14.2. The minimum atomic E-state index is -0.752. The molecule has 1 amide bonds. The number of rotatable bonds is 6. The summed E-state index contributed by atoms with van der Waals surface area (Å²) in [4.78, 5) is 24.0. The van der Waals surface area contributed by atoms with Crippen LogP contribution in [0, 0.1) is 5.82 Å². The Morgan fingerprint density at radius 1 is 1.15 bits per heavy atom. The van der Waals surface area contributed by atoms with Gasteiger partial charge in [0.25, 0.3) is 0 Å². The SMILES string of the molecule is CCCc1ccc(NC(=O)Cn2nc(-c3ccc(F)cc3)oc2=O)cc1. The molecule has 7 heteroatoms. The number of aryl methyl sites for hydroxylation is 1. The molecule has 26 heavy (non-hydrogen) atoms. The zero-order valence-corrected chi connectivity index (χ0v) is 14.2. The number of nitrogens with one attached hydrogen (secondary N) is 1. The second-order valence-corrected chi connectivity index (χ2v) is 5.83. The van der Waals surface area contributed by atoms with E-state index >= 15 is 0 Å². The third kappa shape index (κ3) is 4.24. The maximum atomic E-state index is 13.0. The minimum Gasteiger partial charge on any atom is -0.388 e. The van der Waals surface area contributed by atoms with E-state index in [1.54, 1.807) is 0 Å². The fourth-order valence-electron chi connectivity index (χ4n) is 2.50. The Morgan fingerprint density at radius 3 is 2.50 bits per heavy atom. The molecule has 2 aromatic carbocycles. The van der Waals surface area contributed by atoms with Gasteiger partial charge in [-0.3, -0.25) is 4.79 Å². The van der Waals surface area contributed by atoms with Gasteiger partial charge < -0.3 is 9.73 Å². The van der Waals surface area contributed by atoms with Crippen LogP contribution in [0.5, 0.6) is 0 Å². The van der Waals surface area contributed by atoms with Crippen molar-refractivity contribution in [3.8, 4) is 11.5 Å². The number of carbonyl (C=O) groups excluding carboxylic acids is 1. The molecular weight excluding hydrogens is 337 g/mol. The van der Waals surface area contributed by atoms with E-state index in [0.29, 0.717) is 11.3 Å². The summed E-state index contributed by atoms with van der Waals surface area (Å²) in [7, 11) is 0. The Balaban J connectivity index is 1.67. The first-order chi connectivity index (χ1) is 12.5. The highest BCUT2D eigenvalue weighted by Crippen LogP contribution is 2.15. The fourth-order valence-corrected chi connectivity index (χ4v) is 2.50. The summed E-state index contributed by atoms with van der Waals surface area (Å²) in [6, 6.07) is 12.9.